The number of aliphatic hydroxyl groups excluding tert-OH is 1. The van der Waals surface area contributed by atoms with Gasteiger partial charge in [0, 0.05) is 12.0 Å². The van der Waals surface area contributed by atoms with E-state index in [0.717, 1.165) is 0 Å². The van der Waals surface area contributed by atoms with Crippen LogP contribution in [0.25, 0.3) is 0 Å². The fourth-order valence-corrected chi connectivity index (χ4v) is 2.08. The molecule has 0 aromatic heterocycles. The van der Waals surface area contributed by atoms with Crippen molar-refractivity contribution in [2.45, 2.75) is 24.5 Å². The Morgan fingerprint density at radius 1 is 1.05 bits per heavy atom. The maximum atomic E-state index is 10.2. The number of rotatable bonds is 3. The van der Waals surface area contributed by atoms with Crippen LogP contribution in [0.3, 0.4) is 0 Å². The Morgan fingerprint density at radius 2 is 1.52 bits per heavy atom. The fourth-order valence-electron chi connectivity index (χ4n) is 2.08. The SMILES string of the molecule is N[C@@H]1C[C@H]1c1ccccc1.O=C(O)C(O)c1ccccc1. The number of hydrogen-bond acceptors (Lipinski definition) is 3. The molecule has 110 valence electrons. The first kappa shape index (κ1) is 15.2. The fraction of sp³-hybridized carbons (Fsp3) is 0.235. The molecule has 4 nitrogen and oxygen atoms in total. The van der Waals surface area contributed by atoms with Crippen molar-refractivity contribution in [3.63, 3.8) is 0 Å². The summed E-state index contributed by atoms with van der Waals surface area (Å²) in [4.78, 5) is 10.2. The Bertz CT molecular complexity index is 571. The zero-order valence-corrected chi connectivity index (χ0v) is 11.6. The summed E-state index contributed by atoms with van der Waals surface area (Å²) in [6.45, 7) is 0. The monoisotopic (exact) mass is 285 g/mol. The van der Waals surface area contributed by atoms with E-state index >= 15 is 0 Å². The molecular formula is C17H19NO3. The summed E-state index contributed by atoms with van der Waals surface area (Å²) in [6.07, 6.45) is -0.236. The highest BCUT2D eigenvalue weighted by Crippen LogP contribution is 2.38. The van der Waals surface area contributed by atoms with Gasteiger partial charge in [0.1, 0.15) is 0 Å². The van der Waals surface area contributed by atoms with Crippen LogP contribution in [0.1, 0.15) is 29.6 Å². The van der Waals surface area contributed by atoms with Crippen molar-refractivity contribution in [3.05, 3.63) is 71.8 Å². The molecule has 3 rings (SSSR count). The molecule has 2 aromatic rings. The highest BCUT2D eigenvalue weighted by molar-refractivity contribution is 5.73. The molecule has 1 saturated carbocycles. The third-order valence-corrected chi connectivity index (χ3v) is 3.42. The standard InChI is InChI=1S/C9H11N.C8H8O3/c10-9-6-8(9)7-4-2-1-3-5-7;9-7(8(10)11)6-4-2-1-3-5-6/h1-5,8-9H,6,10H2;1-5,7,9H,(H,10,11)/t8-,9+;/m0./s1. The molecular weight excluding hydrogens is 266 g/mol. The molecule has 1 aliphatic carbocycles. The summed E-state index contributed by atoms with van der Waals surface area (Å²) >= 11 is 0. The van der Waals surface area contributed by atoms with E-state index in [4.69, 9.17) is 15.9 Å². The minimum absolute atomic E-state index is 0.403. The van der Waals surface area contributed by atoms with Gasteiger partial charge in [-0.05, 0) is 17.5 Å². The molecule has 0 amide bonds. The van der Waals surface area contributed by atoms with Crippen molar-refractivity contribution in [2.75, 3.05) is 0 Å². The molecule has 21 heavy (non-hydrogen) atoms. The number of carboxylic acids is 1. The van der Waals surface area contributed by atoms with Gasteiger partial charge in [-0.1, -0.05) is 60.7 Å². The van der Waals surface area contributed by atoms with Gasteiger partial charge in [0.25, 0.3) is 0 Å². The normalized spacial score (nSPS) is 20.9. The molecule has 0 saturated heterocycles. The summed E-state index contributed by atoms with van der Waals surface area (Å²) in [5.41, 5.74) is 7.50. The third kappa shape index (κ3) is 4.41. The maximum Gasteiger partial charge on any atom is 0.337 e. The molecule has 0 bridgehead atoms. The first-order valence-electron chi connectivity index (χ1n) is 6.86. The Hall–Kier alpha value is -2.17. The van der Waals surface area contributed by atoms with Gasteiger partial charge in [-0.25, -0.2) is 4.79 Å². The summed E-state index contributed by atoms with van der Waals surface area (Å²) in [6, 6.07) is 19.2. The van der Waals surface area contributed by atoms with Crippen molar-refractivity contribution < 1.29 is 15.0 Å². The van der Waals surface area contributed by atoms with E-state index in [9.17, 15) is 4.79 Å². The van der Waals surface area contributed by atoms with Crippen molar-refractivity contribution in [3.8, 4) is 0 Å². The van der Waals surface area contributed by atoms with E-state index in [-0.39, 0.29) is 0 Å². The van der Waals surface area contributed by atoms with E-state index in [1.54, 1.807) is 30.3 Å². The minimum Gasteiger partial charge on any atom is -0.479 e. The van der Waals surface area contributed by atoms with Crippen LogP contribution in [0, 0.1) is 0 Å². The van der Waals surface area contributed by atoms with Crippen molar-refractivity contribution in [2.24, 2.45) is 5.73 Å². The molecule has 4 N–H and O–H groups in total. The molecule has 2 aromatic carbocycles. The lowest BCUT2D eigenvalue weighted by atomic mass is 10.1. The van der Waals surface area contributed by atoms with E-state index in [0.29, 0.717) is 17.5 Å². The lowest BCUT2D eigenvalue weighted by Gasteiger charge is -2.03. The highest BCUT2D eigenvalue weighted by Gasteiger charge is 2.34. The molecule has 4 heteroatoms. The van der Waals surface area contributed by atoms with Crippen LogP contribution in [-0.4, -0.2) is 22.2 Å². The Labute approximate surface area is 123 Å². The quantitative estimate of drug-likeness (QED) is 0.808. The minimum atomic E-state index is -1.41. The molecule has 1 aliphatic rings. The van der Waals surface area contributed by atoms with Crippen LogP contribution in [0.4, 0.5) is 0 Å². The average Bonchev–Trinajstić information content (AvgIpc) is 3.26. The van der Waals surface area contributed by atoms with Gasteiger partial charge in [0.2, 0.25) is 0 Å². The smallest absolute Gasteiger partial charge is 0.337 e. The molecule has 0 heterocycles. The number of hydrogen-bond donors (Lipinski definition) is 3. The van der Waals surface area contributed by atoms with E-state index in [2.05, 4.69) is 24.3 Å². The number of carbonyl (C=O) groups is 1. The third-order valence-electron chi connectivity index (χ3n) is 3.42. The van der Waals surface area contributed by atoms with E-state index < -0.39 is 12.1 Å². The van der Waals surface area contributed by atoms with Crippen LogP contribution in [-0.2, 0) is 4.79 Å². The van der Waals surface area contributed by atoms with Crippen molar-refractivity contribution in [1.29, 1.82) is 0 Å². The number of aliphatic carboxylic acids is 1. The van der Waals surface area contributed by atoms with Gasteiger partial charge in [0.05, 0.1) is 0 Å². The van der Waals surface area contributed by atoms with Crippen LogP contribution < -0.4 is 5.73 Å². The molecule has 0 spiro atoms. The zero-order valence-electron chi connectivity index (χ0n) is 11.6. The van der Waals surface area contributed by atoms with Crippen LogP contribution in [0.15, 0.2) is 60.7 Å². The zero-order chi connectivity index (χ0) is 15.2. The van der Waals surface area contributed by atoms with Gasteiger partial charge in [-0.15, -0.1) is 0 Å². The summed E-state index contributed by atoms with van der Waals surface area (Å²) in [5, 5.41) is 17.4. The second kappa shape index (κ2) is 7.02. The number of nitrogens with two attached hydrogens (primary N) is 1. The number of benzene rings is 2. The molecule has 1 unspecified atom stereocenters. The Morgan fingerprint density at radius 3 is 1.95 bits per heavy atom. The van der Waals surface area contributed by atoms with Gasteiger partial charge in [-0.2, -0.15) is 0 Å². The lowest BCUT2D eigenvalue weighted by molar-refractivity contribution is -0.146. The van der Waals surface area contributed by atoms with E-state index in [1.165, 1.54) is 12.0 Å². The Kier molecular flexibility index (Phi) is 5.09. The van der Waals surface area contributed by atoms with Gasteiger partial charge in [-0.3, -0.25) is 0 Å². The summed E-state index contributed by atoms with van der Waals surface area (Å²) in [7, 11) is 0. The first-order chi connectivity index (χ1) is 10.1. The van der Waals surface area contributed by atoms with Crippen molar-refractivity contribution >= 4 is 5.97 Å². The lowest BCUT2D eigenvalue weighted by Crippen LogP contribution is -2.09. The first-order valence-corrected chi connectivity index (χ1v) is 6.86. The van der Waals surface area contributed by atoms with Crippen LogP contribution >= 0.6 is 0 Å². The van der Waals surface area contributed by atoms with E-state index in [1.807, 2.05) is 6.07 Å². The second-order valence-corrected chi connectivity index (χ2v) is 5.07. The average molecular weight is 285 g/mol. The highest BCUT2D eigenvalue weighted by atomic mass is 16.4. The maximum absolute atomic E-state index is 10.2. The summed E-state index contributed by atoms with van der Waals surface area (Å²) < 4.78 is 0. The predicted molar refractivity (Wildman–Crippen MR) is 80.8 cm³/mol. The molecule has 0 aliphatic heterocycles. The van der Waals surface area contributed by atoms with Crippen LogP contribution in [0.2, 0.25) is 0 Å². The second-order valence-electron chi connectivity index (χ2n) is 5.07. The Balaban J connectivity index is 0.000000154. The topological polar surface area (TPSA) is 83.6 Å². The summed E-state index contributed by atoms with van der Waals surface area (Å²) in [5.74, 6) is -0.572. The molecule has 0 radical (unpaired) electrons. The van der Waals surface area contributed by atoms with Gasteiger partial charge >= 0.3 is 5.97 Å². The number of carboxylic acid groups (broad SMARTS) is 1. The molecule has 3 atom stereocenters. The predicted octanol–water partition coefficient (Wildman–Crippen LogP) is 2.31. The van der Waals surface area contributed by atoms with Crippen LogP contribution in [0.5, 0.6) is 0 Å². The number of aliphatic hydroxyl groups is 1. The van der Waals surface area contributed by atoms with Crippen molar-refractivity contribution in [1.82, 2.24) is 0 Å². The van der Waals surface area contributed by atoms with Gasteiger partial charge < -0.3 is 15.9 Å². The van der Waals surface area contributed by atoms with Gasteiger partial charge in [0.15, 0.2) is 6.10 Å². The molecule has 1 fully saturated rings. The largest absolute Gasteiger partial charge is 0.479 e.